The number of rotatable bonds is 11. The molecule has 0 aromatic heterocycles. The summed E-state index contributed by atoms with van der Waals surface area (Å²) >= 11 is -1.69. The van der Waals surface area contributed by atoms with Crippen LogP contribution in [0, 0.1) is 0 Å². The molecular formula is C23H22F18O3S2. The van der Waals surface area contributed by atoms with E-state index in [9.17, 15) is 87.4 Å². The second-order valence-electron chi connectivity index (χ2n) is 11.8. The fourth-order valence-electron chi connectivity index (χ4n) is 3.39. The van der Waals surface area contributed by atoms with Crippen molar-refractivity contribution in [2.24, 2.45) is 0 Å². The normalized spacial score (nSPS) is 16.2. The highest BCUT2D eigenvalue weighted by atomic mass is 32.2. The number of thioether (sulfide) groups is 1. The molecule has 1 aromatic carbocycles. The zero-order valence-corrected chi connectivity index (χ0v) is 25.2. The maximum absolute atomic E-state index is 14.7. The van der Waals surface area contributed by atoms with Crippen molar-refractivity contribution >= 4 is 21.9 Å². The monoisotopic (exact) mass is 752 g/mol. The summed E-state index contributed by atoms with van der Waals surface area (Å²) in [6.45, 7) is 8.44. The SMILES string of the molecule is CC(C)(C)c1ccc(SC(F)(F)C(F)(F)C(F)(F)C(F)(F)C(F)(F)C(F)(F)C(F)(F)C(F)(F)C(F)(F)S(=O)(=O)O)c(C(C)(C)C)c1. The highest BCUT2D eigenvalue weighted by Crippen LogP contribution is 2.66. The number of alkyl halides is 18. The van der Waals surface area contributed by atoms with E-state index in [1.807, 2.05) is 0 Å². The van der Waals surface area contributed by atoms with Gasteiger partial charge in [0, 0.05) is 4.90 Å². The van der Waals surface area contributed by atoms with Crippen molar-refractivity contribution in [3.8, 4) is 0 Å². The Labute approximate surface area is 252 Å². The minimum atomic E-state index is -9.07. The van der Waals surface area contributed by atoms with E-state index < -0.39 is 89.6 Å². The third-order valence-corrected chi connectivity index (χ3v) is 8.31. The molecule has 270 valence electrons. The zero-order chi connectivity index (χ0) is 37.6. The molecule has 1 rings (SSSR count). The average molecular weight is 753 g/mol. The van der Waals surface area contributed by atoms with E-state index >= 15 is 0 Å². The van der Waals surface area contributed by atoms with Gasteiger partial charge < -0.3 is 0 Å². The molecule has 0 radical (unpaired) electrons. The first kappa shape index (κ1) is 42.2. The van der Waals surface area contributed by atoms with E-state index in [-0.39, 0.29) is 5.56 Å². The van der Waals surface area contributed by atoms with Crippen LogP contribution in [0.2, 0.25) is 0 Å². The first-order valence-corrected chi connectivity index (χ1v) is 14.0. The molecule has 0 amide bonds. The molecule has 0 unspecified atom stereocenters. The number of benzene rings is 1. The summed E-state index contributed by atoms with van der Waals surface area (Å²) in [6, 6.07) is 2.65. The molecule has 23 heteroatoms. The van der Waals surface area contributed by atoms with Crippen LogP contribution in [0.1, 0.15) is 52.7 Å². The van der Waals surface area contributed by atoms with Gasteiger partial charge in [0.25, 0.3) is 0 Å². The van der Waals surface area contributed by atoms with Gasteiger partial charge in [0.1, 0.15) is 0 Å². The van der Waals surface area contributed by atoms with Gasteiger partial charge in [-0.1, -0.05) is 53.7 Å². The molecule has 0 saturated heterocycles. The molecule has 0 bridgehead atoms. The molecule has 0 aliphatic rings. The number of halogens is 18. The van der Waals surface area contributed by atoms with Crippen LogP contribution in [-0.4, -0.2) is 64.9 Å². The maximum atomic E-state index is 14.7. The Morgan fingerprint density at radius 1 is 0.522 bits per heavy atom. The fraction of sp³-hybridized carbons (Fsp3) is 0.739. The van der Waals surface area contributed by atoms with E-state index in [1.54, 1.807) is 20.8 Å². The van der Waals surface area contributed by atoms with Gasteiger partial charge >= 0.3 is 62.1 Å². The van der Waals surface area contributed by atoms with Gasteiger partial charge in [0.05, 0.1) is 0 Å². The van der Waals surface area contributed by atoms with E-state index in [4.69, 9.17) is 4.55 Å². The van der Waals surface area contributed by atoms with Crippen LogP contribution in [0.25, 0.3) is 0 Å². The van der Waals surface area contributed by atoms with Crippen molar-refractivity contribution in [2.45, 2.75) is 109 Å². The summed E-state index contributed by atoms with van der Waals surface area (Å²) in [5.74, 6) is -61.1. The van der Waals surface area contributed by atoms with Gasteiger partial charge in [-0.25, -0.2) is 0 Å². The molecule has 0 atom stereocenters. The lowest BCUT2D eigenvalue weighted by Crippen LogP contribution is -2.76. The van der Waals surface area contributed by atoms with Crippen LogP contribution in [0.5, 0.6) is 0 Å². The predicted molar refractivity (Wildman–Crippen MR) is 126 cm³/mol. The topological polar surface area (TPSA) is 54.4 Å². The van der Waals surface area contributed by atoms with Crippen LogP contribution in [-0.2, 0) is 20.9 Å². The third kappa shape index (κ3) is 6.01. The summed E-state index contributed by atoms with van der Waals surface area (Å²) in [6.07, 6.45) is 0. The van der Waals surface area contributed by atoms with Crippen molar-refractivity contribution in [1.82, 2.24) is 0 Å². The van der Waals surface area contributed by atoms with E-state index in [1.165, 1.54) is 20.8 Å². The lowest BCUT2D eigenvalue weighted by atomic mass is 9.81. The van der Waals surface area contributed by atoms with Crippen molar-refractivity contribution in [2.75, 3.05) is 0 Å². The second-order valence-corrected chi connectivity index (χ2v) is 14.5. The molecule has 46 heavy (non-hydrogen) atoms. The van der Waals surface area contributed by atoms with Crippen molar-refractivity contribution in [1.29, 1.82) is 0 Å². The molecule has 3 nitrogen and oxygen atoms in total. The second kappa shape index (κ2) is 11.1. The lowest BCUT2D eigenvalue weighted by molar-refractivity contribution is -0.455. The Hall–Kier alpha value is -1.78. The van der Waals surface area contributed by atoms with Gasteiger partial charge in [0.15, 0.2) is 0 Å². The van der Waals surface area contributed by atoms with Crippen LogP contribution >= 0.6 is 11.8 Å². The Morgan fingerprint density at radius 2 is 0.848 bits per heavy atom. The van der Waals surface area contributed by atoms with Crippen LogP contribution in [0.3, 0.4) is 0 Å². The van der Waals surface area contributed by atoms with E-state index in [0.717, 1.165) is 12.1 Å². The number of hydrogen-bond acceptors (Lipinski definition) is 3. The molecule has 0 aliphatic heterocycles. The molecule has 1 N–H and O–H groups in total. The first-order valence-electron chi connectivity index (χ1n) is 11.8. The average Bonchev–Trinajstić information content (AvgIpc) is 2.80. The highest BCUT2D eigenvalue weighted by Gasteiger charge is 2.97. The molecule has 1 aromatic rings. The van der Waals surface area contributed by atoms with E-state index in [0.29, 0.717) is 11.6 Å². The molecule has 0 heterocycles. The van der Waals surface area contributed by atoms with Crippen LogP contribution < -0.4 is 0 Å². The Kier molecular flexibility index (Phi) is 10.2. The van der Waals surface area contributed by atoms with Gasteiger partial charge in [-0.05, 0) is 39.8 Å². The summed E-state index contributed by atoms with van der Waals surface area (Å²) in [5.41, 5.74) is -2.19. The number of hydrogen-bond donors (Lipinski definition) is 1. The summed E-state index contributed by atoms with van der Waals surface area (Å²) in [7, 11) is -8.01. The van der Waals surface area contributed by atoms with Crippen molar-refractivity contribution < 1.29 is 92.0 Å². The summed E-state index contributed by atoms with van der Waals surface area (Å²) in [4.78, 5) is -1.10. The molecule has 0 spiro atoms. The quantitative estimate of drug-likeness (QED) is 0.139. The minimum Gasteiger partial charge on any atom is -0.281 e. The van der Waals surface area contributed by atoms with E-state index in [2.05, 4.69) is 0 Å². The van der Waals surface area contributed by atoms with Crippen LogP contribution in [0.15, 0.2) is 23.1 Å². The van der Waals surface area contributed by atoms with Gasteiger partial charge in [-0.2, -0.15) is 87.4 Å². The molecule has 0 saturated carbocycles. The standard InChI is InChI=1S/C23H22F18O3S2/c1-13(2,3)10-7-8-12(11(9-10)14(4,5)6)45-22(38,39)20(34,35)18(30,31)16(26,27)15(24,25)17(28,29)19(32,33)21(36,37)23(40,41)46(42,43)44/h7-9H,1-6H3,(H,42,43,44). The maximum Gasteiger partial charge on any atom is 0.438 e. The summed E-state index contributed by atoms with van der Waals surface area (Å²) in [5, 5.41) is -14.7. The minimum absolute atomic E-state index is 0.299. The van der Waals surface area contributed by atoms with Gasteiger partial charge in [-0.3, -0.25) is 4.55 Å². The predicted octanol–water partition coefficient (Wildman–Crippen LogP) is 9.89. The smallest absolute Gasteiger partial charge is 0.281 e. The zero-order valence-electron chi connectivity index (χ0n) is 23.6. The molecule has 0 aliphatic carbocycles. The van der Waals surface area contributed by atoms with Crippen LogP contribution in [0.4, 0.5) is 79.0 Å². The first-order chi connectivity index (χ1) is 19.6. The highest BCUT2D eigenvalue weighted by molar-refractivity contribution is 8.00. The Balaban J connectivity index is 3.87. The molecular weight excluding hydrogens is 730 g/mol. The van der Waals surface area contributed by atoms with Crippen molar-refractivity contribution in [3.63, 3.8) is 0 Å². The molecule has 0 fully saturated rings. The Morgan fingerprint density at radius 3 is 1.15 bits per heavy atom. The van der Waals surface area contributed by atoms with Crippen molar-refractivity contribution in [3.05, 3.63) is 29.3 Å². The fourth-order valence-corrected chi connectivity index (χ4v) is 4.98. The van der Waals surface area contributed by atoms with Gasteiger partial charge in [-0.15, -0.1) is 0 Å². The Bertz CT molecular complexity index is 1410. The summed E-state index contributed by atoms with van der Waals surface area (Å²) < 4.78 is 281. The lowest BCUT2D eigenvalue weighted by Gasteiger charge is -2.44. The third-order valence-electron chi connectivity index (χ3n) is 6.31. The van der Waals surface area contributed by atoms with Gasteiger partial charge in [0.2, 0.25) is 0 Å². The largest absolute Gasteiger partial charge is 0.438 e.